The van der Waals surface area contributed by atoms with Gasteiger partial charge in [-0.1, -0.05) is 0 Å². The molecule has 0 aromatic rings. The van der Waals surface area contributed by atoms with E-state index in [1.165, 1.54) is 0 Å². The normalized spacial score (nSPS) is 18.9. The van der Waals surface area contributed by atoms with Crippen molar-refractivity contribution in [1.29, 1.82) is 0 Å². The molecule has 0 unspecified atom stereocenters. The lowest BCUT2D eigenvalue weighted by molar-refractivity contribution is -0.146. The van der Waals surface area contributed by atoms with E-state index in [4.69, 9.17) is 9.47 Å². The molecule has 1 N–H and O–H groups in total. The third kappa shape index (κ3) is 3.72. The first-order valence-electron chi connectivity index (χ1n) is 5.50. The van der Waals surface area contributed by atoms with E-state index in [1.54, 1.807) is 20.8 Å². The van der Waals surface area contributed by atoms with Crippen molar-refractivity contribution in [3.8, 4) is 0 Å². The van der Waals surface area contributed by atoms with E-state index in [-0.39, 0.29) is 0 Å². The number of hydrogen-bond donors (Lipinski definition) is 1. The fraction of sp³-hybridized carbons (Fsp3) is 0.818. The summed E-state index contributed by atoms with van der Waals surface area (Å²) in [5.74, 6) is 0. The Balaban J connectivity index is 2.55. The van der Waals surface area contributed by atoms with Crippen LogP contribution in [0, 0.1) is 0 Å². The highest BCUT2D eigenvalue weighted by atomic mass is 16.6. The summed E-state index contributed by atoms with van der Waals surface area (Å²) in [4.78, 5) is 22.0. The predicted octanol–water partition coefficient (Wildman–Crippen LogP) is 1.95. The van der Waals surface area contributed by atoms with Crippen molar-refractivity contribution in [3.63, 3.8) is 0 Å². The Bertz CT molecular complexity index is 264. The zero-order valence-electron chi connectivity index (χ0n) is 10.0. The molecule has 0 radical (unpaired) electrons. The maximum absolute atomic E-state index is 11.6. The van der Waals surface area contributed by atoms with Gasteiger partial charge in [0.25, 0.3) is 6.47 Å². The molecule has 1 aliphatic carbocycles. The molecule has 0 heterocycles. The maximum atomic E-state index is 11.6. The topological polar surface area (TPSA) is 64.6 Å². The molecule has 0 aromatic heterocycles. The second kappa shape index (κ2) is 4.72. The Hall–Kier alpha value is -1.26. The molecule has 1 aliphatic rings. The summed E-state index contributed by atoms with van der Waals surface area (Å²) in [5, 5.41) is 2.64. The summed E-state index contributed by atoms with van der Waals surface area (Å²) in [6, 6.07) is 0. The van der Waals surface area contributed by atoms with Gasteiger partial charge in [-0.2, -0.15) is 0 Å². The van der Waals surface area contributed by atoms with Crippen molar-refractivity contribution in [3.05, 3.63) is 0 Å². The molecule has 1 saturated carbocycles. The molecule has 0 aromatic carbocycles. The number of amides is 1. The van der Waals surface area contributed by atoms with E-state index < -0.39 is 17.4 Å². The molecule has 0 bridgehead atoms. The molecule has 0 atom stereocenters. The van der Waals surface area contributed by atoms with Crippen LogP contribution in [0.5, 0.6) is 0 Å². The third-order valence-electron chi connectivity index (χ3n) is 2.41. The van der Waals surface area contributed by atoms with E-state index in [0.717, 1.165) is 12.8 Å². The van der Waals surface area contributed by atoms with Crippen LogP contribution in [0.2, 0.25) is 0 Å². The van der Waals surface area contributed by atoms with Crippen LogP contribution >= 0.6 is 0 Å². The van der Waals surface area contributed by atoms with Crippen molar-refractivity contribution < 1.29 is 19.1 Å². The van der Waals surface area contributed by atoms with Crippen LogP contribution in [0.25, 0.3) is 0 Å². The number of ether oxygens (including phenoxy) is 2. The first-order valence-corrected chi connectivity index (χ1v) is 5.50. The molecule has 1 amide bonds. The molecule has 0 spiro atoms. The van der Waals surface area contributed by atoms with Gasteiger partial charge in [-0.3, -0.25) is 10.1 Å². The Labute approximate surface area is 95.5 Å². The highest BCUT2D eigenvalue weighted by Gasteiger charge is 2.38. The fourth-order valence-electron chi connectivity index (χ4n) is 1.80. The lowest BCUT2D eigenvalue weighted by atomic mass is 10.2. The molecular formula is C11H19NO4. The maximum Gasteiger partial charge on any atom is 0.410 e. The molecule has 5 nitrogen and oxygen atoms in total. The average Bonchev–Trinajstić information content (AvgIpc) is 2.49. The van der Waals surface area contributed by atoms with Crippen LogP contribution in [0.1, 0.15) is 46.5 Å². The number of nitrogens with one attached hydrogen (secondary N) is 1. The van der Waals surface area contributed by atoms with Crippen LogP contribution in [0.15, 0.2) is 0 Å². The van der Waals surface area contributed by atoms with Gasteiger partial charge in [-0.15, -0.1) is 0 Å². The van der Waals surface area contributed by atoms with E-state index >= 15 is 0 Å². The molecular weight excluding hydrogens is 210 g/mol. The Morgan fingerprint density at radius 1 is 1.31 bits per heavy atom. The van der Waals surface area contributed by atoms with Gasteiger partial charge >= 0.3 is 6.09 Å². The first-order chi connectivity index (χ1) is 7.37. The van der Waals surface area contributed by atoms with Crippen molar-refractivity contribution in [2.45, 2.75) is 57.8 Å². The van der Waals surface area contributed by atoms with Gasteiger partial charge in [0, 0.05) is 12.8 Å². The van der Waals surface area contributed by atoms with Gasteiger partial charge in [0.1, 0.15) is 5.60 Å². The first kappa shape index (κ1) is 12.8. The molecule has 1 rings (SSSR count). The summed E-state index contributed by atoms with van der Waals surface area (Å²) < 4.78 is 10.1. The minimum atomic E-state index is -0.857. The van der Waals surface area contributed by atoms with Crippen LogP contribution in [-0.4, -0.2) is 23.9 Å². The van der Waals surface area contributed by atoms with Crippen LogP contribution < -0.4 is 5.32 Å². The number of hydrogen-bond acceptors (Lipinski definition) is 4. The number of alkyl carbamates (subject to hydrolysis) is 1. The van der Waals surface area contributed by atoms with Crippen LogP contribution in [0.4, 0.5) is 4.79 Å². The summed E-state index contributed by atoms with van der Waals surface area (Å²) in [6.07, 6.45) is 2.61. The molecule has 1 fully saturated rings. The summed E-state index contributed by atoms with van der Waals surface area (Å²) in [6.45, 7) is 5.74. The highest BCUT2D eigenvalue weighted by Crippen LogP contribution is 2.30. The molecule has 92 valence electrons. The molecule has 5 heteroatoms. The van der Waals surface area contributed by atoms with Gasteiger partial charge < -0.3 is 9.47 Å². The summed E-state index contributed by atoms with van der Waals surface area (Å²) in [7, 11) is 0. The standard InChI is InChI=1S/C11H19NO4/c1-10(2,3)16-9(14)12-11(15-8-13)6-4-5-7-11/h8H,4-7H2,1-3H3,(H,12,14). The monoisotopic (exact) mass is 229 g/mol. The second-order valence-corrected chi connectivity index (χ2v) is 5.04. The van der Waals surface area contributed by atoms with Crippen LogP contribution in [0.3, 0.4) is 0 Å². The summed E-state index contributed by atoms with van der Waals surface area (Å²) in [5.41, 5.74) is -1.41. The second-order valence-electron chi connectivity index (χ2n) is 5.04. The van der Waals surface area contributed by atoms with Crippen LogP contribution in [-0.2, 0) is 14.3 Å². The zero-order chi connectivity index (χ0) is 12.2. The number of carbonyl (C=O) groups excluding carboxylic acids is 2. The molecule has 0 saturated heterocycles. The number of carbonyl (C=O) groups is 2. The van der Waals surface area contributed by atoms with Gasteiger partial charge in [0.15, 0.2) is 5.72 Å². The SMILES string of the molecule is CC(C)(C)OC(=O)NC1(OC=O)CCCC1. The van der Waals surface area contributed by atoms with Crippen molar-refractivity contribution in [2.24, 2.45) is 0 Å². The van der Waals surface area contributed by atoms with Gasteiger partial charge in [-0.25, -0.2) is 4.79 Å². The third-order valence-corrected chi connectivity index (χ3v) is 2.41. The van der Waals surface area contributed by atoms with Gasteiger partial charge in [0.05, 0.1) is 0 Å². The van der Waals surface area contributed by atoms with E-state index in [0.29, 0.717) is 19.3 Å². The van der Waals surface area contributed by atoms with Gasteiger partial charge in [-0.05, 0) is 33.6 Å². The number of rotatable bonds is 3. The zero-order valence-corrected chi connectivity index (χ0v) is 10.0. The highest BCUT2D eigenvalue weighted by molar-refractivity contribution is 5.68. The molecule has 0 aliphatic heterocycles. The van der Waals surface area contributed by atoms with E-state index in [9.17, 15) is 9.59 Å². The lowest BCUT2D eigenvalue weighted by Gasteiger charge is -2.29. The Kier molecular flexibility index (Phi) is 3.78. The minimum absolute atomic E-state index is 0.378. The smallest absolute Gasteiger partial charge is 0.410 e. The fourth-order valence-corrected chi connectivity index (χ4v) is 1.80. The largest absolute Gasteiger partial charge is 0.444 e. The van der Waals surface area contributed by atoms with Crippen molar-refractivity contribution in [2.75, 3.05) is 0 Å². The quantitative estimate of drug-likeness (QED) is 0.593. The Morgan fingerprint density at radius 2 is 1.88 bits per heavy atom. The van der Waals surface area contributed by atoms with E-state index in [1.807, 2.05) is 0 Å². The molecule has 16 heavy (non-hydrogen) atoms. The van der Waals surface area contributed by atoms with Crippen molar-refractivity contribution >= 4 is 12.6 Å². The predicted molar refractivity (Wildman–Crippen MR) is 57.7 cm³/mol. The average molecular weight is 229 g/mol. The Morgan fingerprint density at radius 3 is 2.31 bits per heavy atom. The van der Waals surface area contributed by atoms with Crippen molar-refractivity contribution in [1.82, 2.24) is 5.32 Å². The minimum Gasteiger partial charge on any atom is -0.444 e. The summed E-state index contributed by atoms with van der Waals surface area (Å²) >= 11 is 0. The lowest BCUT2D eigenvalue weighted by Crippen LogP contribution is -2.50. The van der Waals surface area contributed by atoms with E-state index in [2.05, 4.69) is 5.32 Å². The van der Waals surface area contributed by atoms with Gasteiger partial charge in [0.2, 0.25) is 0 Å².